The Morgan fingerprint density at radius 1 is 1.33 bits per heavy atom. The maximum absolute atomic E-state index is 13.9. The lowest BCUT2D eigenvalue weighted by Crippen LogP contribution is -2.39. The molecule has 0 saturated carbocycles. The van der Waals surface area contributed by atoms with E-state index >= 15 is 0 Å². The lowest BCUT2D eigenvalue weighted by Gasteiger charge is -2.28. The van der Waals surface area contributed by atoms with E-state index in [0.29, 0.717) is 49.1 Å². The number of imidazole rings is 1. The van der Waals surface area contributed by atoms with Crippen molar-refractivity contribution in [1.82, 2.24) is 19.4 Å². The predicted octanol–water partition coefficient (Wildman–Crippen LogP) is 2.27. The van der Waals surface area contributed by atoms with Crippen LogP contribution >= 0.6 is 0 Å². The molecule has 8 heteroatoms. The number of halogens is 1. The Bertz CT molecular complexity index is 1020. The largest absolute Gasteiger partial charge is 0.469 e. The van der Waals surface area contributed by atoms with E-state index in [0.717, 1.165) is 11.5 Å². The van der Waals surface area contributed by atoms with Crippen LogP contribution in [0.5, 0.6) is 0 Å². The van der Waals surface area contributed by atoms with Crippen molar-refractivity contribution in [3.05, 3.63) is 53.5 Å². The summed E-state index contributed by atoms with van der Waals surface area (Å²) in [5.41, 5.74) is 1.91. The molecule has 3 aromatic rings. The van der Waals surface area contributed by atoms with Crippen LogP contribution in [0.3, 0.4) is 0 Å². The highest BCUT2D eigenvalue weighted by molar-refractivity contribution is 5.98. The van der Waals surface area contributed by atoms with Gasteiger partial charge in [0.2, 0.25) is 0 Å². The standard InChI is InChI=1S/C19H19FN4O3/c1-27-18(25)6-5-12-10-21-17-11-23(7-8-24(12)17)19(26)16-9-13-14(20)3-2-4-15(13)22-16/h2-4,9-10,22H,5-8,11H2,1H3. The van der Waals surface area contributed by atoms with Gasteiger partial charge in [-0.15, -0.1) is 0 Å². The SMILES string of the molecule is COC(=O)CCc1cnc2n1CCN(C(=O)c1cc3c(F)cccc3[nH]1)C2. The van der Waals surface area contributed by atoms with Gasteiger partial charge in [0, 0.05) is 35.9 Å². The van der Waals surface area contributed by atoms with E-state index in [2.05, 4.69) is 14.7 Å². The average Bonchev–Trinajstić information content (AvgIpc) is 3.30. The van der Waals surface area contributed by atoms with Gasteiger partial charge >= 0.3 is 5.97 Å². The van der Waals surface area contributed by atoms with Gasteiger partial charge in [-0.25, -0.2) is 9.37 Å². The molecule has 0 bridgehead atoms. The van der Waals surface area contributed by atoms with Crippen LogP contribution in [-0.2, 0) is 29.0 Å². The second-order valence-corrected chi connectivity index (χ2v) is 6.50. The number of carbonyl (C=O) groups excluding carboxylic acids is 2. The third kappa shape index (κ3) is 3.18. The minimum Gasteiger partial charge on any atom is -0.469 e. The zero-order valence-electron chi connectivity index (χ0n) is 14.9. The lowest BCUT2D eigenvalue weighted by molar-refractivity contribution is -0.140. The number of nitrogens with zero attached hydrogens (tertiary/aromatic N) is 3. The van der Waals surface area contributed by atoms with Crippen LogP contribution in [0.25, 0.3) is 10.9 Å². The molecular weight excluding hydrogens is 351 g/mol. The van der Waals surface area contributed by atoms with Gasteiger partial charge in [-0.3, -0.25) is 9.59 Å². The number of H-pyrrole nitrogens is 1. The molecule has 7 nitrogen and oxygen atoms in total. The van der Waals surface area contributed by atoms with Gasteiger partial charge in [-0.2, -0.15) is 0 Å². The fourth-order valence-electron chi connectivity index (χ4n) is 3.43. The second-order valence-electron chi connectivity index (χ2n) is 6.50. The van der Waals surface area contributed by atoms with E-state index in [1.54, 1.807) is 29.3 Å². The third-order valence-electron chi connectivity index (χ3n) is 4.89. The summed E-state index contributed by atoms with van der Waals surface area (Å²) < 4.78 is 20.6. The van der Waals surface area contributed by atoms with Crippen molar-refractivity contribution >= 4 is 22.8 Å². The van der Waals surface area contributed by atoms with E-state index in [1.807, 2.05) is 4.57 Å². The van der Waals surface area contributed by atoms with Crippen LogP contribution in [0.4, 0.5) is 4.39 Å². The zero-order chi connectivity index (χ0) is 19.0. The molecule has 4 rings (SSSR count). The van der Waals surface area contributed by atoms with Crippen LogP contribution in [0.15, 0.2) is 30.5 Å². The highest BCUT2D eigenvalue weighted by Crippen LogP contribution is 2.22. The van der Waals surface area contributed by atoms with Gasteiger partial charge in [0.1, 0.15) is 17.3 Å². The van der Waals surface area contributed by atoms with Gasteiger partial charge in [-0.05, 0) is 24.6 Å². The number of rotatable bonds is 4. The van der Waals surface area contributed by atoms with Crippen molar-refractivity contribution in [2.75, 3.05) is 13.7 Å². The normalized spacial score (nSPS) is 13.6. The highest BCUT2D eigenvalue weighted by Gasteiger charge is 2.25. The number of aryl methyl sites for hydroxylation is 1. The molecule has 1 aliphatic rings. The first-order valence-electron chi connectivity index (χ1n) is 8.73. The number of hydrogen-bond acceptors (Lipinski definition) is 4. The van der Waals surface area contributed by atoms with E-state index < -0.39 is 0 Å². The van der Waals surface area contributed by atoms with Crippen molar-refractivity contribution in [3.63, 3.8) is 0 Å². The summed E-state index contributed by atoms with van der Waals surface area (Å²) in [7, 11) is 1.37. The quantitative estimate of drug-likeness (QED) is 0.715. The van der Waals surface area contributed by atoms with Crippen LogP contribution in [-0.4, -0.2) is 45.0 Å². The Labute approximate surface area is 154 Å². The molecule has 1 N–H and O–H groups in total. The van der Waals surface area contributed by atoms with Gasteiger partial charge in [0.25, 0.3) is 5.91 Å². The zero-order valence-corrected chi connectivity index (χ0v) is 14.9. The number of aromatic nitrogens is 3. The third-order valence-corrected chi connectivity index (χ3v) is 4.89. The molecule has 2 aromatic heterocycles. The topological polar surface area (TPSA) is 80.2 Å². The van der Waals surface area contributed by atoms with Crippen LogP contribution in [0, 0.1) is 5.82 Å². The summed E-state index contributed by atoms with van der Waals surface area (Å²) in [4.78, 5) is 33.2. The first kappa shape index (κ1) is 17.3. The molecule has 1 aromatic carbocycles. The summed E-state index contributed by atoms with van der Waals surface area (Å²) in [5.74, 6) is -0.0239. The smallest absolute Gasteiger partial charge is 0.305 e. The molecule has 0 unspecified atom stereocenters. The maximum Gasteiger partial charge on any atom is 0.305 e. The summed E-state index contributed by atoms with van der Waals surface area (Å²) in [6.45, 7) is 1.49. The van der Waals surface area contributed by atoms with Crippen LogP contribution < -0.4 is 0 Å². The van der Waals surface area contributed by atoms with E-state index in [4.69, 9.17) is 0 Å². The molecule has 0 radical (unpaired) electrons. The predicted molar refractivity (Wildman–Crippen MR) is 95.6 cm³/mol. The van der Waals surface area contributed by atoms with Crippen molar-refractivity contribution in [1.29, 1.82) is 0 Å². The summed E-state index contributed by atoms with van der Waals surface area (Å²) in [6.07, 6.45) is 2.59. The van der Waals surface area contributed by atoms with Gasteiger partial charge in [0.15, 0.2) is 0 Å². The van der Waals surface area contributed by atoms with E-state index in [1.165, 1.54) is 13.2 Å². The second kappa shape index (κ2) is 6.86. The minimum atomic E-state index is -0.354. The molecule has 27 heavy (non-hydrogen) atoms. The molecule has 0 saturated heterocycles. The number of benzene rings is 1. The van der Waals surface area contributed by atoms with Crippen molar-refractivity contribution in [2.45, 2.75) is 25.9 Å². The number of aromatic amines is 1. The molecule has 0 spiro atoms. The van der Waals surface area contributed by atoms with Gasteiger partial charge in [-0.1, -0.05) is 6.07 Å². The first-order chi connectivity index (χ1) is 13.1. The number of fused-ring (bicyclic) bond motifs is 2. The Hall–Kier alpha value is -3.16. The summed E-state index contributed by atoms with van der Waals surface area (Å²) >= 11 is 0. The van der Waals surface area contributed by atoms with Gasteiger partial charge < -0.3 is 19.2 Å². The Kier molecular flexibility index (Phi) is 4.39. The molecule has 1 amide bonds. The fourth-order valence-corrected chi connectivity index (χ4v) is 3.43. The summed E-state index contributed by atoms with van der Waals surface area (Å²) in [6, 6.07) is 6.27. The Balaban J connectivity index is 1.50. The van der Waals surface area contributed by atoms with Crippen molar-refractivity contribution in [3.8, 4) is 0 Å². The summed E-state index contributed by atoms with van der Waals surface area (Å²) in [5, 5.41) is 0.407. The van der Waals surface area contributed by atoms with Crippen LogP contribution in [0.1, 0.15) is 28.4 Å². The lowest BCUT2D eigenvalue weighted by atomic mass is 10.2. The number of ether oxygens (including phenoxy) is 1. The average molecular weight is 370 g/mol. The van der Waals surface area contributed by atoms with Crippen molar-refractivity contribution in [2.24, 2.45) is 0 Å². The Morgan fingerprint density at radius 2 is 2.19 bits per heavy atom. The highest BCUT2D eigenvalue weighted by atomic mass is 19.1. The molecular formula is C19H19FN4O3. The number of nitrogens with one attached hydrogen (secondary N) is 1. The molecule has 1 aliphatic heterocycles. The molecule has 3 heterocycles. The molecule has 140 valence electrons. The number of hydrogen-bond donors (Lipinski definition) is 1. The monoisotopic (exact) mass is 370 g/mol. The first-order valence-corrected chi connectivity index (χ1v) is 8.73. The fraction of sp³-hybridized carbons (Fsp3) is 0.316. The van der Waals surface area contributed by atoms with E-state index in [-0.39, 0.29) is 17.7 Å². The number of methoxy groups -OCH3 is 1. The number of carbonyl (C=O) groups is 2. The minimum absolute atomic E-state index is 0.184. The Morgan fingerprint density at radius 3 is 2.96 bits per heavy atom. The number of amides is 1. The maximum atomic E-state index is 13.9. The van der Waals surface area contributed by atoms with Crippen molar-refractivity contribution < 1.29 is 18.7 Å². The van der Waals surface area contributed by atoms with E-state index in [9.17, 15) is 14.0 Å². The number of esters is 1. The molecule has 0 atom stereocenters. The van der Waals surface area contributed by atoms with Gasteiger partial charge in [0.05, 0.1) is 20.1 Å². The van der Waals surface area contributed by atoms with Crippen LogP contribution in [0.2, 0.25) is 0 Å². The molecule has 0 aliphatic carbocycles. The molecule has 0 fully saturated rings.